The van der Waals surface area contributed by atoms with Crippen LogP contribution in [-0.2, 0) is 27.8 Å². The van der Waals surface area contributed by atoms with Gasteiger partial charge in [0.1, 0.15) is 6.61 Å². The molecule has 8 heteroatoms. The Bertz CT molecular complexity index is 1350. The van der Waals surface area contributed by atoms with E-state index in [0.717, 1.165) is 50.9 Å². The van der Waals surface area contributed by atoms with Gasteiger partial charge in [-0.3, -0.25) is 0 Å². The molecular weight excluding hydrogens is 558 g/mol. The van der Waals surface area contributed by atoms with E-state index in [1.807, 2.05) is 59.5 Å². The fraction of sp³-hybridized carbons (Fsp3) is 0.457. The van der Waals surface area contributed by atoms with Crippen LogP contribution < -0.4 is 0 Å². The number of nitrogens with zero attached hydrogens (tertiary/aromatic N) is 3. The van der Waals surface area contributed by atoms with Crippen LogP contribution in [0.15, 0.2) is 95.9 Å². The molecule has 0 spiro atoms. The maximum absolute atomic E-state index is 13.3. The molecule has 1 fully saturated rings. The fourth-order valence-corrected chi connectivity index (χ4v) is 7.10. The highest BCUT2D eigenvalue weighted by atomic mass is 32.2. The van der Waals surface area contributed by atoms with Crippen molar-refractivity contribution in [2.75, 3.05) is 39.8 Å². The molecule has 0 aliphatic carbocycles. The summed E-state index contributed by atoms with van der Waals surface area (Å²) in [6.07, 6.45) is 3.28. The first kappa shape index (κ1) is 32.7. The lowest BCUT2D eigenvalue weighted by Gasteiger charge is -2.39. The third-order valence-electron chi connectivity index (χ3n) is 8.19. The lowest BCUT2D eigenvalue weighted by molar-refractivity contribution is 0.0546. The van der Waals surface area contributed by atoms with E-state index in [1.54, 1.807) is 31.3 Å². The summed E-state index contributed by atoms with van der Waals surface area (Å²) in [5, 5.41) is 0. The number of carbonyl (C=O) groups is 1. The van der Waals surface area contributed by atoms with Crippen molar-refractivity contribution >= 4 is 16.1 Å². The number of amides is 1. The van der Waals surface area contributed by atoms with Crippen LogP contribution in [0.3, 0.4) is 0 Å². The standard InChI is InChI=1S/C35H47N3O4S/c1-29(2)26-38(35(39)42-28-31-15-9-5-10-16-31)33-20-23-37(24-21-33)22-19-32(25-30-13-7-4-8-14-30)27-36(3)43(40,41)34-17-11-6-12-18-34/h4-18,29,32-33H,19-28H2,1-3H3. The molecule has 43 heavy (non-hydrogen) atoms. The van der Waals surface area contributed by atoms with Crippen LogP contribution in [0, 0.1) is 11.8 Å². The molecule has 0 N–H and O–H groups in total. The van der Waals surface area contributed by atoms with Gasteiger partial charge in [0.2, 0.25) is 10.0 Å². The van der Waals surface area contributed by atoms with E-state index < -0.39 is 10.0 Å². The van der Waals surface area contributed by atoms with Crippen molar-refractivity contribution in [2.45, 2.75) is 57.1 Å². The highest BCUT2D eigenvalue weighted by molar-refractivity contribution is 7.89. The van der Waals surface area contributed by atoms with Gasteiger partial charge in [0.15, 0.2) is 0 Å². The van der Waals surface area contributed by atoms with Gasteiger partial charge in [-0.1, -0.05) is 92.7 Å². The molecule has 0 radical (unpaired) electrons. The average Bonchev–Trinajstić information content (AvgIpc) is 3.03. The molecule has 4 rings (SSSR count). The molecule has 1 amide bonds. The highest BCUT2D eigenvalue weighted by Gasteiger charge is 2.30. The number of piperidine rings is 1. The Morgan fingerprint density at radius 2 is 1.42 bits per heavy atom. The summed E-state index contributed by atoms with van der Waals surface area (Å²) in [6.45, 7) is 8.39. The quantitative estimate of drug-likeness (QED) is 0.215. The first-order valence-corrected chi connectivity index (χ1v) is 16.9. The minimum atomic E-state index is -3.56. The van der Waals surface area contributed by atoms with E-state index in [-0.39, 0.29) is 24.7 Å². The minimum Gasteiger partial charge on any atom is -0.445 e. The molecule has 3 aromatic carbocycles. The van der Waals surface area contributed by atoms with Gasteiger partial charge in [-0.05, 0) is 67.3 Å². The van der Waals surface area contributed by atoms with E-state index in [4.69, 9.17) is 4.74 Å². The Morgan fingerprint density at radius 3 is 2.00 bits per heavy atom. The molecule has 7 nitrogen and oxygen atoms in total. The molecule has 1 heterocycles. The summed E-state index contributed by atoms with van der Waals surface area (Å²) < 4.78 is 33.7. The van der Waals surface area contributed by atoms with Crippen LogP contribution in [0.25, 0.3) is 0 Å². The van der Waals surface area contributed by atoms with Gasteiger partial charge in [0.25, 0.3) is 0 Å². The Kier molecular flexibility index (Phi) is 12.2. The van der Waals surface area contributed by atoms with E-state index >= 15 is 0 Å². The van der Waals surface area contributed by atoms with Crippen LogP contribution in [-0.4, -0.2) is 74.4 Å². The van der Waals surface area contributed by atoms with Crippen LogP contribution in [0.4, 0.5) is 4.79 Å². The van der Waals surface area contributed by atoms with E-state index in [2.05, 4.69) is 30.9 Å². The number of ether oxygens (including phenoxy) is 1. The van der Waals surface area contributed by atoms with Crippen molar-refractivity contribution in [2.24, 2.45) is 11.8 Å². The zero-order chi connectivity index (χ0) is 30.7. The number of hydrogen-bond donors (Lipinski definition) is 0. The summed E-state index contributed by atoms with van der Waals surface area (Å²) in [5.74, 6) is 0.527. The molecule has 232 valence electrons. The molecular formula is C35H47N3O4S. The summed E-state index contributed by atoms with van der Waals surface area (Å²) in [4.78, 5) is 17.9. The molecule has 1 atom stereocenters. The molecule has 1 aliphatic heterocycles. The zero-order valence-electron chi connectivity index (χ0n) is 25.8. The molecule has 3 aromatic rings. The second-order valence-corrected chi connectivity index (χ2v) is 14.1. The largest absolute Gasteiger partial charge is 0.445 e. The van der Waals surface area contributed by atoms with E-state index in [9.17, 15) is 13.2 Å². The molecule has 0 saturated carbocycles. The predicted molar refractivity (Wildman–Crippen MR) is 172 cm³/mol. The maximum Gasteiger partial charge on any atom is 0.410 e. The number of rotatable bonds is 14. The molecule has 1 saturated heterocycles. The number of sulfonamides is 1. The van der Waals surface area contributed by atoms with Crippen LogP contribution >= 0.6 is 0 Å². The fourth-order valence-electron chi connectivity index (χ4n) is 5.83. The smallest absolute Gasteiger partial charge is 0.410 e. The molecule has 1 unspecified atom stereocenters. The average molecular weight is 606 g/mol. The summed E-state index contributed by atoms with van der Waals surface area (Å²) in [6, 6.07) is 28.9. The minimum absolute atomic E-state index is 0.157. The Balaban J connectivity index is 1.34. The van der Waals surface area contributed by atoms with Crippen LogP contribution in [0.1, 0.15) is 44.2 Å². The van der Waals surface area contributed by atoms with Crippen LogP contribution in [0.5, 0.6) is 0 Å². The SMILES string of the molecule is CC(C)CN(C(=O)OCc1ccccc1)C1CCN(CCC(Cc2ccccc2)CN(C)S(=O)(=O)c2ccccc2)CC1. The molecule has 0 aromatic heterocycles. The van der Waals surface area contributed by atoms with Gasteiger partial charge >= 0.3 is 6.09 Å². The maximum atomic E-state index is 13.3. The first-order chi connectivity index (χ1) is 20.7. The Labute approximate surface area is 258 Å². The van der Waals surface area contributed by atoms with Gasteiger partial charge in [-0.2, -0.15) is 0 Å². The van der Waals surface area contributed by atoms with Gasteiger partial charge in [-0.15, -0.1) is 0 Å². The third-order valence-corrected chi connectivity index (χ3v) is 10.0. The number of benzene rings is 3. The second-order valence-electron chi connectivity index (χ2n) is 12.1. The van der Waals surface area contributed by atoms with E-state index in [1.165, 1.54) is 9.87 Å². The predicted octanol–water partition coefficient (Wildman–Crippen LogP) is 6.32. The third kappa shape index (κ3) is 9.91. The highest BCUT2D eigenvalue weighted by Crippen LogP contribution is 2.23. The Morgan fingerprint density at radius 1 is 0.860 bits per heavy atom. The molecule has 0 bridgehead atoms. The molecule has 1 aliphatic rings. The second kappa shape index (κ2) is 16.0. The van der Waals surface area contributed by atoms with Crippen molar-refractivity contribution in [3.05, 3.63) is 102 Å². The Hall–Kier alpha value is -3.20. The van der Waals surface area contributed by atoms with Crippen molar-refractivity contribution in [3.63, 3.8) is 0 Å². The lowest BCUT2D eigenvalue weighted by atomic mass is 9.95. The summed E-state index contributed by atoms with van der Waals surface area (Å²) in [5.41, 5.74) is 2.21. The topological polar surface area (TPSA) is 70.2 Å². The van der Waals surface area contributed by atoms with Gasteiger partial charge in [0, 0.05) is 39.3 Å². The number of hydrogen-bond acceptors (Lipinski definition) is 5. The summed E-state index contributed by atoms with van der Waals surface area (Å²) >= 11 is 0. The van der Waals surface area contributed by atoms with E-state index in [0.29, 0.717) is 23.9 Å². The number of carbonyl (C=O) groups excluding carboxylic acids is 1. The zero-order valence-corrected chi connectivity index (χ0v) is 26.7. The van der Waals surface area contributed by atoms with Crippen molar-refractivity contribution in [1.82, 2.24) is 14.1 Å². The van der Waals surface area contributed by atoms with Gasteiger partial charge < -0.3 is 14.5 Å². The van der Waals surface area contributed by atoms with Crippen molar-refractivity contribution in [3.8, 4) is 0 Å². The lowest BCUT2D eigenvalue weighted by Crippen LogP contribution is -2.49. The monoisotopic (exact) mass is 605 g/mol. The normalized spacial score (nSPS) is 15.5. The summed E-state index contributed by atoms with van der Waals surface area (Å²) in [7, 11) is -1.87. The van der Waals surface area contributed by atoms with Crippen molar-refractivity contribution in [1.29, 1.82) is 0 Å². The number of likely N-dealkylation sites (tertiary alicyclic amines) is 1. The van der Waals surface area contributed by atoms with Crippen molar-refractivity contribution < 1.29 is 17.9 Å². The van der Waals surface area contributed by atoms with Gasteiger partial charge in [0.05, 0.1) is 4.90 Å². The van der Waals surface area contributed by atoms with Gasteiger partial charge in [-0.25, -0.2) is 17.5 Å². The van der Waals surface area contributed by atoms with Crippen LogP contribution in [0.2, 0.25) is 0 Å². The first-order valence-electron chi connectivity index (χ1n) is 15.5.